The van der Waals surface area contributed by atoms with E-state index in [1.807, 2.05) is 13.8 Å². The second kappa shape index (κ2) is 6.31. The van der Waals surface area contributed by atoms with Crippen LogP contribution in [-0.2, 0) is 19.6 Å². The zero-order valence-electron chi connectivity index (χ0n) is 13.0. The van der Waals surface area contributed by atoms with Crippen LogP contribution in [0.3, 0.4) is 0 Å². The molecule has 1 aliphatic heterocycles. The lowest BCUT2D eigenvalue weighted by molar-refractivity contribution is -0.135. The minimum absolute atomic E-state index is 0.0629. The fourth-order valence-electron chi connectivity index (χ4n) is 2.08. The third-order valence-electron chi connectivity index (χ3n) is 3.89. The fourth-order valence-corrected chi connectivity index (χ4v) is 3.32. The number of sulfonamides is 1. The molecule has 1 saturated heterocycles. The molecule has 1 rings (SSSR count). The monoisotopic (exact) mass is 319 g/mol. The molecule has 0 aromatic rings. The van der Waals surface area contributed by atoms with Crippen LogP contribution >= 0.6 is 0 Å². The first-order chi connectivity index (χ1) is 9.49. The van der Waals surface area contributed by atoms with Crippen LogP contribution in [0.2, 0.25) is 0 Å². The van der Waals surface area contributed by atoms with Crippen molar-refractivity contribution in [3.63, 3.8) is 0 Å². The van der Waals surface area contributed by atoms with Crippen LogP contribution < -0.4 is 10.5 Å². The van der Waals surface area contributed by atoms with Crippen LogP contribution in [0.15, 0.2) is 0 Å². The van der Waals surface area contributed by atoms with Crippen LogP contribution in [0.25, 0.3) is 0 Å². The summed E-state index contributed by atoms with van der Waals surface area (Å²) in [7, 11) is -3.84. The van der Waals surface area contributed by atoms with E-state index in [-0.39, 0.29) is 17.9 Å². The van der Waals surface area contributed by atoms with Gasteiger partial charge in [0.2, 0.25) is 21.8 Å². The topological polar surface area (TPSA) is 110 Å². The van der Waals surface area contributed by atoms with E-state index >= 15 is 0 Å². The molecular weight excluding hydrogens is 294 g/mol. The largest absolute Gasteiger partial charge is 0.368 e. The Hall–Kier alpha value is -1.15. The molecule has 21 heavy (non-hydrogen) atoms. The van der Waals surface area contributed by atoms with Gasteiger partial charge >= 0.3 is 0 Å². The maximum absolute atomic E-state index is 12.2. The first-order valence-corrected chi connectivity index (χ1v) is 8.58. The van der Waals surface area contributed by atoms with E-state index in [0.29, 0.717) is 25.9 Å². The van der Waals surface area contributed by atoms with Crippen molar-refractivity contribution in [2.45, 2.75) is 51.3 Å². The third kappa shape index (κ3) is 3.94. The van der Waals surface area contributed by atoms with Crippen LogP contribution in [-0.4, -0.2) is 49.0 Å². The summed E-state index contributed by atoms with van der Waals surface area (Å²) in [6, 6.07) is -0.273. The number of primary amides is 1. The minimum Gasteiger partial charge on any atom is -0.368 e. The third-order valence-corrected chi connectivity index (χ3v) is 6.08. The van der Waals surface area contributed by atoms with Gasteiger partial charge in [-0.1, -0.05) is 13.8 Å². The summed E-state index contributed by atoms with van der Waals surface area (Å²) < 4.78 is 25.3. The van der Waals surface area contributed by atoms with Gasteiger partial charge in [-0.05, 0) is 26.7 Å². The number of piperidine rings is 1. The molecule has 122 valence electrons. The number of carbonyl (C=O) groups is 2. The SMILES string of the molecule is CC(C)C(=O)N1CCC(NS(=O)(=O)C(C)(C)C(N)=O)CC1. The van der Waals surface area contributed by atoms with Gasteiger partial charge in [-0.2, -0.15) is 0 Å². The smallest absolute Gasteiger partial charge is 0.239 e. The highest BCUT2D eigenvalue weighted by atomic mass is 32.2. The standard InChI is InChI=1S/C13H25N3O4S/c1-9(2)11(17)16-7-5-10(6-8-16)15-21(19,20)13(3,4)12(14)18/h9-10,15H,5-8H2,1-4H3,(H2,14,18). The van der Waals surface area contributed by atoms with Gasteiger partial charge in [0.1, 0.15) is 0 Å². The number of amides is 2. The summed E-state index contributed by atoms with van der Waals surface area (Å²) >= 11 is 0. The Balaban J connectivity index is 2.65. The molecule has 1 aliphatic rings. The molecule has 0 spiro atoms. The molecule has 1 fully saturated rings. The number of likely N-dealkylation sites (tertiary alicyclic amines) is 1. The maximum atomic E-state index is 12.2. The van der Waals surface area contributed by atoms with Crippen molar-refractivity contribution in [2.75, 3.05) is 13.1 Å². The highest BCUT2D eigenvalue weighted by molar-refractivity contribution is 7.91. The quantitative estimate of drug-likeness (QED) is 0.732. The van der Waals surface area contributed by atoms with E-state index in [0.717, 1.165) is 0 Å². The Kier molecular flexibility index (Phi) is 5.38. The predicted octanol–water partition coefficient (Wildman–Crippen LogP) is -0.183. The molecule has 0 saturated carbocycles. The Labute approximate surface area is 126 Å². The first-order valence-electron chi connectivity index (χ1n) is 7.09. The van der Waals surface area contributed by atoms with Crippen molar-refractivity contribution in [2.24, 2.45) is 11.7 Å². The van der Waals surface area contributed by atoms with Gasteiger partial charge in [0.05, 0.1) is 0 Å². The Morgan fingerprint density at radius 2 is 1.71 bits per heavy atom. The van der Waals surface area contributed by atoms with E-state index in [1.165, 1.54) is 13.8 Å². The lowest BCUT2D eigenvalue weighted by atomic mass is 10.0. The normalized spacial score (nSPS) is 18.0. The summed E-state index contributed by atoms with van der Waals surface area (Å²) in [5.41, 5.74) is 5.15. The van der Waals surface area contributed by atoms with Crippen molar-refractivity contribution in [3.8, 4) is 0 Å². The molecule has 7 nitrogen and oxygen atoms in total. The molecule has 0 aliphatic carbocycles. The Morgan fingerprint density at radius 3 is 2.10 bits per heavy atom. The van der Waals surface area contributed by atoms with Gasteiger partial charge in [-0.3, -0.25) is 9.59 Å². The van der Waals surface area contributed by atoms with Crippen LogP contribution in [0, 0.1) is 5.92 Å². The van der Waals surface area contributed by atoms with Crippen LogP contribution in [0.5, 0.6) is 0 Å². The summed E-state index contributed by atoms with van der Waals surface area (Å²) in [6.45, 7) is 7.28. The number of nitrogens with two attached hydrogens (primary N) is 1. The van der Waals surface area contributed by atoms with Gasteiger partial charge in [-0.25, -0.2) is 13.1 Å². The lowest BCUT2D eigenvalue weighted by Gasteiger charge is -2.34. The van der Waals surface area contributed by atoms with Gasteiger partial charge in [0, 0.05) is 25.0 Å². The molecule has 2 amide bonds. The minimum atomic E-state index is -3.84. The second-order valence-electron chi connectivity index (χ2n) is 6.25. The number of nitrogens with zero attached hydrogens (tertiary/aromatic N) is 1. The highest BCUT2D eigenvalue weighted by Crippen LogP contribution is 2.19. The van der Waals surface area contributed by atoms with Gasteiger partial charge in [0.25, 0.3) is 0 Å². The van der Waals surface area contributed by atoms with Crippen molar-refractivity contribution in [1.29, 1.82) is 0 Å². The maximum Gasteiger partial charge on any atom is 0.239 e. The lowest BCUT2D eigenvalue weighted by Crippen LogP contribution is -2.55. The molecule has 3 N–H and O–H groups in total. The first kappa shape index (κ1) is 17.9. The Morgan fingerprint density at radius 1 is 1.24 bits per heavy atom. The second-order valence-corrected chi connectivity index (χ2v) is 8.51. The molecule has 0 atom stereocenters. The van der Waals surface area contributed by atoms with Crippen molar-refractivity contribution in [3.05, 3.63) is 0 Å². The van der Waals surface area contributed by atoms with Gasteiger partial charge in [-0.15, -0.1) is 0 Å². The number of hydrogen-bond donors (Lipinski definition) is 2. The zero-order chi connectivity index (χ0) is 16.4. The van der Waals surface area contributed by atoms with Crippen LogP contribution in [0.1, 0.15) is 40.5 Å². The Bertz CT molecular complexity index is 506. The van der Waals surface area contributed by atoms with Crippen molar-refractivity contribution >= 4 is 21.8 Å². The number of nitrogens with one attached hydrogen (secondary N) is 1. The average molecular weight is 319 g/mol. The van der Waals surface area contributed by atoms with Gasteiger partial charge < -0.3 is 10.6 Å². The average Bonchev–Trinajstić information content (AvgIpc) is 2.37. The highest BCUT2D eigenvalue weighted by Gasteiger charge is 2.41. The summed E-state index contributed by atoms with van der Waals surface area (Å²) in [5.74, 6) is -0.872. The molecule has 0 radical (unpaired) electrons. The van der Waals surface area contributed by atoms with Crippen molar-refractivity contribution in [1.82, 2.24) is 9.62 Å². The molecule has 1 heterocycles. The van der Waals surface area contributed by atoms with E-state index in [4.69, 9.17) is 5.73 Å². The molecule has 0 bridgehead atoms. The molecule has 0 unspecified atom stereocenters. The predicted molar refractivity (Wildman–Crippen MR) is 79.8 cm³/mol. The van der Waals surface area contributed by atoms with E-state index in [9.17, 15) is 18.0 Å². The van der Waals surface area contributed by atoms with Gasteiger partial charge in [0.15, 0.2) is 4.75 Å². The number of carbonyl (C=O) groups excluding carboxylic acids is 2. The summed E-state index contributed by atoms with van der Waals surface area (Å²) in [4.78, 5) is 24.9. The van der Waals surface area contributed by atoms with E-state index < -0.39 is 20.7 Å². The molecule has 0 aromatic carbocycles. The zero-order valence-corrected chi connectivity index (χ0v) is 13.9. The van der Waals surface area contributed by atoms with Crippen molar-refractivity contribution < 1.29 is 18.0 Å². The summed E-state index contributed by atoms with van der Waals surface area (Å²) in [6.07, 6.45) is 1.07. The number of hydrogen-bond acceptors (Lipinski definition) is 4. The molecule has 0 aromatic heterocycles. The summed E-state index contributed by atoms with van der Waals surface area (Å²) in [5, 5.41) is 0. The fraction of sp³-hybridized carbons (Fsp3) is 0.846. The molecule has 8 heteroatoms. The number of rotatable bonds is 5. The van der Waals surface area contributed by atoms with E-state index in [2.05, 4.69) is 4.72 Å². The molecular formula is C13H25N3O4S. The van der Waals surface area contributed by atoms with Crippen LogP contribution in [0.4, 0.5) is 0 Å². The van der Waals surface area contributed by atoms with E-state index in [1.54, 1.807) is 4.90 Å².